The fraction of sp³-hybridized carbons (Fsp3) is 0.667. The summed E-state index contributed by atoms with van der Waals surface area (Å²) in [7, 11) is 0. The number of rotatable bonds is 5. The predicted octanol–water partition coefficient (Wildman–Crippen LogP) is 3.91. The van der Waals surface area contributed by atoms with Crippen molar-refractivity contribution in [1.82, 2.24) is 9.80 Å². The molecular weight excluding hydrogens is 362 g/mol. The van der Waals surface area contributed by atoms with Crippen LogP contribution in [0, 0.1) is 11.8 Å². The fourth-order valence-corrected chi connectivity index (χ4v) is 5.53. The van der Waals surface area contributed by atoms with Gasteiger partial charge in [0.25, 0.3) is 0 Å². The molecule has 3 aliphatic rings. The first-order chi connectivity index (χ1) is 14.2. The SMILES string of the molecule is O=C(Nc1ccccc1)C1CCN(C(=O)CN2CCCC2C2CCCCC2)CC1. The Kier molecular flexibility index (Phi) is 6.86. The number of amides is 2. The summed E-state index contributed by atoms with van der Waals surface area (Å²) in [6.45, 7) is 3.05. The Labute approximate surface area is 174 Å². The van der Waals surface area contributed by atoms with Gasteiger partial charge in [-0.3, -0.25) is 14.5 Å². The average molecular weight is 398 g/mol. The summed E-state index contributed by atoms with van der Waals surface area (Å²) >= 11 is 0. The van der Waals surface area contributed by atoms with Crippen LogP contribution in [0.5, 0.6) is 0 Å². The minimum Gasteiger partial charge on any atom is -0.342 e. The fourth-order valence-electron chi connectivity index (χ4n) is 5.53. The maximum Gasteiger partial charge on any atom is 0.236 e. The van der Waals surface area contributed by atoms with E-state index in [2.05, 4.69) is 10.2 Å². The summed E-state index contributed by atoms with van der Waals surface area (Å²) < 4.78 is 0. The molecule has 2 heterocycles. The van der Waals surface area contributed by atoms with Crippen LogP contribution in [0.3, 0.4) is 0 Å². The van der Waals surface area contributed by atoms with Gasteiger partial charge in [0.05, 0.1) is 6.54 Å². The van der Waals surface area contributed by atoms with Crippen molar-refractivity contribution < 1.29 is 9.59 Å². The van der Waals surface area contributed by atoms with E-state index in [0.717, 1.165) is 31.0 Å². The maximum atomic E-state index is 12.9. The third-order valence-corrected chi connectivity index (χ3v) is 7.21. The van der Waals surface area contributed by atoms with E-state index >= 15 is 0 Å². The minimum absolute atomic E-state index is 0.000954. The Morgan fingerprint density at radius 2 is 1.59 bits per heavy atom. The third-order valence-electron chi connectivity index (χ3n) is 7.21. The molecule has 4 rings (SSSR count). The molecule has 1 saturated carbocycles. The first kappa shape index (κ1) is 20.4. The van der Waals surface area contributed by atoms with Crippen molar-refractivity contribution in [2.45, 2.75) is 63.8 Å². The van der Waals surface area contributed by atoms with Gasteiger partial charge < -0.3 is 10.2 Å². The van der Waals surface area contributed by atoms with Crippen molar-refractivity contribution >= 4 is 17.5 Å². The second-order valence-electron chi connectivity index (χ2n) is 9.09. The van der Waals surface area contributed by atoms with Crippen LogP contribution in [-0.4, -0.2) is 53.8 Å². The van der Waals surface area contributed by atoms with Gasteiger partial charge in [0.2, 0.25) is 11.8 Å². The number of benzene rings is 1. The molecule has 1 aromatic rings. The summed E-state index contributed by atoms with van der Waals surface area (Å²) in [6, 6.07) is 10.2. The molecule has 2 aliphatic heterocycles. The van der Waals surface area contributed by atoms with Crippen LogP contribution in [-0.2, 0) is 9.59 Å². The van der Waals surface area contributed by atoms with Crippen LogP contribution >= 0.6 is 0 Å². The third kappa shape index (κ3) is 5.19. The lowest BCUT2D eigenvalue weighted by molar-refractivity contribution is -0.136. The number of anilines is 1. The number of nitrogens with one attached hydrogen (secondary N) is 1. The van der Waals surface area contributed by atoms with Crippen LogP contribution in [0.25, 0.3) is 0 Å². The van der Waals surface area contributed by atoms with Gasteiger partial charge in [-0.15, -0.1) is 0 Å². The molecule has 1 atom stereocenters. The predicted molar refractivity (Wildman–Crippen MR) is 116 cm³/mol. The molecule has 3 fully saturated rings. The molecule has 5 nitrogen and oxygen atoms in total. The van der Waals surface area contributed by atoms with Crippen molar-refractivity contribution in [2.75, 3.05) is 31.5 Å². The van der Waals surface area contributed by atoms with E-state index in [4.69, 9.17) is 0 Å². The molecule has 1 aromatic carbocycles. The lowest BCUT2D eigenvalue weighted by Gasteiger charge is -2.36. The number of likely N-dealkylation sites (tertiary alicyclic amines) is 2. The molecule has 29 heavy (non-hydrogen) atoms. The monoisotopic (exact) mass is 397 g/mol. The summed E-state index contributed by atoms with van der Waals surface area (Å²) in [5.74, 6) is 1.14. The highest BCUT2D eigenvalue weighted by molar-refractivity contribution is 5.92. The van der Waals surface area contributed by atoms with Crippen LogP contribution in [0.2, 0.25) is 0 Å². The van der Waals surface area contributed by atoms with Crippen LogP contribution in [0.15, 0.2) is 30.3 Å². The van der Waals surface area contributed by atoms with Crippen molar-refractivity contribution in [1.29, 1.82) is 0 Å². The number of para-hydroxylation sites is 1. The van der Waals surface area contributed by atoms with Crippen molar-refractivity contribution in [3.05, 3.63) is 30.3 Å². The lowest BCUT2D eigenvalue weighted by Crippen LogP contribution is -2.47. The molecule has 2 saturated heterocycles. The largest absolute Gasteiger partial charge is 0.342 e. The molecule has 0 spiro atoms. The lowest BCUT2D eigenvalue weighted by atomic mass is 9.83. The van der Waals surface area contributed by atoms with Gasteiger partial charge in [0, 0.05) is 30.7 Å². The van der Waals surface area contributed by atoms with Gasteiger partial charge in [-0.25, -0.2) is 0 Å². The van der Waals surface area contributed by atoms with Crippen LogP contribution in [0.4, 0.5) is 5.69 Å². The van der Waals surface area contributed by atoms with E-state index in [1.54, 1.807) is 0 Å². The highest BCUT2D eigenvalue weighted by atomic mass is 16.2. The number of piperidine rings is 1. The molecule has 1 aliphatic carbocycles. The topological polar surface area (TPSA) is 52.7 Å². The van der Waals surface area contributed by atoms with Gasteiger partial charge in [-0.2, -0.15) is 0 Å². The van der Waals surface area contributed by atoms with E-state index in [1.807, 2.05) is 35.2 Å². The van der Waals surface area contributed by atoms with Crippen LogP contribution < -0.4 is 5.32 Å². The summed E-state index contributed by atoms with van der Waals surface area (Å²) in [6.07, 6.45) is 10.8. The van der Waals surface area contributed by atoms with Gasteiger partial charge in [-0.05, 0) is 63.1 Å². The average Bonchev–Trinajstić information content (AvgIpc) is 3.23. The second-order valence-corrected chi connectivity index (χ2v) is 9.09. The highest BCUT2D eigenvalue weighted by Crippen LogP contribution is 2.34. The Hall–Kier alpha value is -1.88. The first-order valence-electron chi connectivity index (χ1n) is 11.6. The van der Waals surface area contributed by atoms with Crippen LogP contribution in [0.1, 0.15) is 57.8 Å². The normalized spacial score (nSPS) is 24.6. The van der Waals surface area contributed by atoms with Gasteiger partial charge in [0.1, 0.15) is 0 Å². The first-order valence-corrected chi connectivity index (χ1v) is 11.6. The zero-order valence-corrected chi connectivity index (χ0v) is 17.5. The zero-order chi connectivity index (χ0) is 20.1. The number of carbonyl (C=O) groups is 2. The van der Waals surface area contributed by atoms with E-state index in [0.29, 0.717) is 25.7 Å². The molecule has 1 N–H and O–H groups in total. The van der Waals surface area contributed by atoms with Gasteiger partial charge in [-0.1, -0.05) is 37.5 Å². The van der Waals surface area contributed by atoms with E-state index in [1.165, 1.54) is 44.9 Å². The Balaban J connectivity index is 1.24. The Bertz CT molecular complexity index is 679. The van der Waals surface area contributed by atoms with E-state index < -0.39 is 0 Å². The Morgan fingerprint density at radius 1 is 0.862 bits per heavy atom. The number of nitrogens with zero attached hydrogens (tertiary/aromatic N) is 2. The maximum absolute atomic E-state index is 12.9. The molecule has 0 aromatic heterocycles. The summed E-state index contributed by atoms with van der Waals surface area (Å²) in [5, 5.41) is 3.01. The van der Waals surface area contributed by atoms with Crippen molar-refractivity contribution in [3.8, 4) is 0 Å². The standard InChI is InChI=1S/C24H35N3O2/c28-23(18-27-15-7-12-22(27)19-8-3-1-4-9-19)26-16-13-20(14-17-26)24(29)25-21-10-5-2-6-11-21/h2,5-6,10-11,19-20,22H,1,3-4,7-9,12-18H2,(H,25,29). The molecule has 1 unspecified atom stereocenters. The van der Waals surface area contributed by atoms with E-state index in [-0.39, 0.29) is 17.7 Å². The second kappa shape index (κ2) is 9.75. The number of hydrogen-bond donors (Lipinski definition) is 1. The molecule has 0 radical (unpaired) electrons. The van der Waals surface area contributed by atoms with E-state index in [9.17, 15) is 9.59 Å². The van der Waals surface area contributed by atoms with Crippen molar-refractivity contribution in [3.63, 3.8) is 0 Å². The molecule has 0 bridgehead atoms. The smallest absolute Gasteiger partial charge is 0.236 e. The number of carbonyl (C=O) groups excluding carboxylic acids is 2. The minimum atomic E-state index is 0.000954. The van der Waals surface area contributed by atoms with Crippen molar-refractivity contribution in [2.24, 2.45) is 11.8 Å². The molecular formula is C24H35N3O2. The number of hydrogen-bond acceptors (Lipinski definition) is 3. The Morgan fingerprint density at radius 3 is 2.31 bits per heavy atom. The molecule has 158 valence electrons. The zero-order valence-electron chi connectivity index (χ0n) is 17.5. The summed E-state index contributed by atoms with van der Waals surface area (Å²) in [5.41, 5.74) is 0.846. The van der Waals surface area contributed by atoms with Gasteiger partial charge >= 0.3 is 0 Å². The molecule has 5 heteroatoms. The quantitative estimate of drug-likeness (QED) is 0.820. The molecule has 2 amide bonds. The summed E-state index contributed by atoms with van der Waals surface area (Å²) in [4.78, 5) is 29.9. The van der Waals surface area contributed by atoms with Gasteiger partial charge in [0.15, 0.2) is 0 Å². The highest BCUT2D eigenvalue weighted by Gasteiger charge is 2.35.